The lowest BCUT2D eigenvalue weighted by Crippen LogP contribution is -2.31. The Labute approximate surface area is 138 Å². The summed E-state index contributed by atoms with van der Waals surface area (Å²) in [4.78, 5) is 34.7. The minimum absolute atomic E-state index is 0.346. The van der Waals surface area contributed by atoms with Crippen LogP contribution in [-0.4, -0.2) is 23.9 Å². The molecular weight excluding hydrogens is 312 g/mol. The molecule has 1 aromatic carbocycles. The molecule has 2 heterocycles. The number of benzene rings is 1. The summed E-state index contributed by atoms with van der Waals surface area (Å²) in [5.41, 5.74) is 1.23. The fourth-order valence-electron chi connectivity index (χ4n) is 2.53. The quantitative estimate of drug-likeness (QED) is 0.507. The second-order valence-corrected chi connectivity index (χ2v) is 5.58. The predicted molar refractivity (Wildman–Crippen MR) is 83.7 cm³/mol. The monoisotopic (exact) mass is 328 g/mol. The van der Waals surface area contributed by atoms with E-state index in [2.05, 4.69) is 10.6 Å². The van der Waals surface area contributed by atoms with Crippen molar-refractivity contribution in [1.29, 1.82) is 0 Å². The zero-order chi connectivity index (χ0) is 17.3. The van der Waals surface area contributed by atoms with Gasteiger partial charge in [0.25, 0.3) is 5.91 Å². The molecule has 1 aliphatic rings. The highest BCUT2D eigenvalue weighted by Crippen LogP contribution is 2.19. The van der Waals surface area contributed by atoms with Crippen molar-refractivity contribution >= 4 is 17.9 Å². The highest BCUT2D eigenvalue weighted by atomic mass is 16.5. The van der Waals surface area contributed by atoms with Crippen LogP contribution in [-0.2, 0) is 11.2 Å². The van der Waals surface area contributed by atoms with Gasteiger partial charge in [-0.05, 0) is 37.6 Å². The third kappa shape index (κ3) is 3.29. The normalized spacial score (nSPS) is 16.7. The van der Waals surface area contributed by atoms with Crippen LogP contribution >= 0.6 is 0 Å². The fraction of sp³-hybridized carbons (Fsp3) is 0.235. The number of hydrogen-bond donors (Lipinski definition) is 2. The second kappa shape index (κ2) is 6.19. The average molecular weight is 328 g/mol. The number of urea groups is 1. The molecule has 3 rings (SSSR count). The van der Waals surface area contributed by atoms with Gasteiger partial charge in [-0.15, -0.1) is 0 Å². The van der Waals surface area contributed by atoms with Crippen molar-refractivity contribution in [1.82, 2.24) is 10.6 Å². The molecule has 1 unspecified atom stereocenters. The predicted octanol–water partition coefficient (Wildman–Crippen LogP) is 1.87. The van der Waals surface area contributed by atoms with Gasteiger partial charge < -0.3 is 14.5 Å². The van der Waals surface area contributed by atoms with Gasteiger partial charge in [0.2, 0.25) is 0 Å². The average Bonchev–Trinajstić information content (AvgIpc) is 3.02. The number of carbonyl (C=O) groups is 3. The SMILES string of the molecule is Cc1cc(C(=O)Oc2ccc(CC3NC(=O)NC3=O)cc2)c(C)o1. The van der Waals surface area contributed by atoms with Crippen LogP contribution < -0.4 is 15.4 Å². The first kappa shape index (κ1) is 15.8. The molecule has 1 fully saturated rings. The molecule has 7 heteroatoms. The molecule has 1 aromatic heterocycles. The van der Waals surface area contributed by atoms with E-state index in [9.17, 15) is 14.4 Å². The molecule has 2 N–H and O–H groups in total. The van der Waals surface area contributed by atoms with Crippen molar-refractivity contribution < 1.29 is 23.5 Å². The Bertz CT molecular complexity index is 807. The van der Waals surface area contributed by atoms with E-state index >= 15 is 0 Å². The zero-order valence-electron chi connectivity index (χ0n) is 13.2. The molecule has 1 atom stereocenters. The van der Waals surface area contributed by atoms with Crippen LogP contribution in [0.1, 0.15) is 27.4 Å². The van der Waals surface area contributed by atoms with E-state index in [0.29, 0.717) is 29.3 Å². The van der Waals surface area contributed by atoms with Gasteiger partial charge in [-0.25, -0.2) is 9.59 Å². The number of aryl methyl sites for hydroxylation is 2. The third-order valence-electron chi connectivity index (χ3n) is 3.69. The van der Waals surface area contributed by atoms with Crippen LogP contribution in [0.4, 0.5) is 4.79 Å². The minimum Gasteiger partial charge on any atom is -0.466 e. The van der Waals surface area contributed by atoms with Crippen molar-refractivity contribution in [3.05, 3.63) is 53.0 Å². The standard InChI is InChI=1S/C17H16N2O5/c1-9-7-13(10(2)23-9)16(21)24-12-5-3-11(4-6-12)8-14-15(20)19-17(22)18-14/h3-7,14H,8H2,1-2H3,(H2,18,19,20,22). The molecule has 0 saturated carbocycles. The Morgan fingerprint density at radius 3 is 2.46 bits per heavy atom. The molecule has 3 amide bonds. The van der Waals surface area contributed by atoms with E-state index in [1.807, 2.05) is 0 Å². The Morgan fingerprint density at radius 2 is 1.92 bits per heavy atom. The first-order chi connectivity index (χ1) is 11.4. The van der Waals surface area contributed by atoms with E-state index in [4.69, 9.17) is 9.15 Å². The third-order valence-corrected chi connectivity index (χ3v) is 3.69. The van der Waals surface area contributed by atoms with Gasteiger partial charge in [0, 0.05) is 6.42 Å². The summed E-state index contributed by atoms with van der Waals surface area (Å²) in [5.74, 6) is 0.714. The number of furan rings is 1. The lowest BCUT2D eigenvalue weighted by Gasteiger charge is -2.08. The van der Waals surface area contributed by atoms with Crippen molar-refractivity contribution in [2.45, 2.75) is 26.3 Å². The number of carbonyl (C=O) groups excluding carboxylic acids is 3. The summed E-state index contributed by atoms with van der Waals surface area (Å²) in [6, 6.07) is 7.34. The Kier molecular flexibility index (Phi) is 4.07. The number of imide groups is 1. The van der Waals surface area contributed by atoms with E-state index in [1.54, 1.807) is 44.2 Å². The summed E-state index contributed by atoms with van der Waals surface area (Å²) in [6.07, 6.45) is 0.367. The Hall–Kier alpha value is -3.09. The summed E-state index contributed by atoms with van der Waals surface area (Å²) in [7, 11) is 0. The molecule has 7 nitrogen and oxygen atoms in total. The first-order valence-electron chi connectivity index (χ1n) is 7.42. The molecule has 0 bridgehead atoms. The van der Waals surface area contributed by atoms with Gasteiger partial charge in [-0.3, -0.25) is 10.1 Å². The molecule has 1 saturated heterocycles. The van der Waals surface area contributed by atoms with E-state index in [-0.39, 0.29) is 5.91 Å². The molecule has 1 aliphatic heterocycles. The molecule has 124 valence electrons. The highest BCUT2D eigenvalue weighted by molar-refractivity contribution is 6.04. The molecule has 24 heavy (non-hydrogen) atoms. The van der Waals surface area contributed by atoms with Crippen molar-refractivity contribution in [3.63, 3.8) is 0 Å². The summed E-state index contributed by atoms with van der Waals surface area (Å²) >= 11 is 0. The van der Waals surface area contributed by atoms with Gasteiger partial charge in [0.15, 0.2) is 0 Å². The largest absolute Gasteiger partial charge is 0.466 e. The number of hydrogen-bond acceptors (Lipinski definition) is 5. The maximum absolute atomic E-state index is 12.1. The number of esters is 1. The second-order valence-electron chi connectivity index (χ2n) is 5.58. The molecule has 2 aromatic rings. The summed E-state index contributed by atoms with van der Waals surface area (Å²) in [5, 5.41) is 4.72. The Balaban J connectivity index is 1.64. The van der Waals surface area contributed by atoms with Crippen LogP contribution in [0.15, 0.2) is 34.7 Å². The summed E-state index contributed by atoms with van der Waals surface area (Å²) in [6.45, 7) is 3.46. The van der Waals surface area contributed by atoms with Crippen molar-refractivity contribution in [2.75, 3.05) is 0 Å². The van der Waals surface area contributed by atoms with Crippen LogP contribution in [0.2, 0.25) is 0 Å². The lowest BCUT2D eigenvalue weighted by atomic mass is 10.1. The van der Waals surface area contributed by atoms with Crippen LogP contribution in [0.5, 0.6) is 5.75 Å². The maximum Gasteiger partial charge on any atom is 0.347 e. The number of rotatable bonds is 4. The maximum atomic E-state index is 12.1. The number of amides is 3. The van der Waals surface area contributed by atoms with Crippen LogP contribution in [0.25, 0.3) is 0 Å². The molecular formula is C17H16N2O5. The van der Waals surface area contributed by atoms with E-state index < -0.39 is 18.0 Å². The summed E-state index contributed by atoms with van der Waals surface area (Å²) < 4.78 is 10.6. The van der Waals surface area contributed by atoms with Crippen LogP contribution in [0.3, 0.4) is 0 Å². The topological polar surface area (TPSA) is 97.6 Å². The fourth-order valence-corrected chi connectivity index (χ4v) is 2.53. The molecule has 0 spiro atoms. The first-order valence-corrected chi connectivity index (χ1v) is 7.42. The number of ether oxygens (including phenoxy) is 1. The molecule has 0 radical (unpaired) electrons. The smallest absolute Gasteiger partial charge is 0.347 e. The van der Waals surface area contributed by atoms with Crippen molar-refractivity contribution in [3.8, 4) is 5.75 Å². The van der Waals surface area contributed by atoms with Gasteiger partial charge in [-0.2, -0.15) is 0 Å². The van der Waals surface area contributed by atoms with Gasteiger partial charge in [0.05, 0.1) is 0 Å². The molecule has 0 aliphatic carbocycles. The zero-order valence-corrected chi connectivity index (χ0v) is 13.2. The number of nitrogens with one attached hydrogen (secondary N) is 2. The Morgan fingerprint density at radius 1 is 1.21 bits per heavy atom. The van der Waals surface area contributed by atoms with E-state index in [1.165, 1.54) is 0 Å². The minimum atomic E-state index is -0.581. The van der Waals surface area contributed by atoms with Gasteiger partial charge in [0.1, 0.15) is 28.9 Å². The van der Waals surface area contributed by atoms with Gasteiger partial charge in [-0.1, -0.05) is 12.1 Å². The lowest BCUT2D eigenvalue weighted by molar-refractivity contribution is -0.120. The van der Waals surface area contributed by atoms with Crippen LogP contribution in [0, 0.1) is 13.8 Å². The highest BCUT2D eigenvalue weighted by Gasteiger charge is 2.29. The van der Waals surface area contributed by atoms with Crippen molar-refractivity contribution in [2.24, 2.45) is 0 Å². The van der Waals surface area contributed by atoms with E-state index in [0.717, 1.165) is 5.56 Å². The van der Waals surface area contributed by atoms with Gasteiger partial charge >= 0.3 is 12.0 Å².